The van der Waals surface area contributed by atoms with E-state index >= 15 is 0 Å². The molecule has 0 saturated heterocycles. The molecule has 1 saturated carbocycles. The number of anilines is 1. The molecule has 0 aliphatic heterocycles. The minimum atomic E-state index is -0.158. The van der Waals surface area contributed by atoms with E-state index in [2.05, 4.69) is 32.9 Å². The Hall–Kier alpha value is -1.14. The molecule has 0 spiro atoms. The number of aromatic nitrogens is 2. The first-order valence-electron chi connectivity index (χ1n) is 6.52. The fraction of sp³-hybridized carbons (Fsp3) is 0.538. The average Bonchev–Trinajstić information content (AvgIpc) is 2.41. The molecular formula is C13H19BrN4O. The monoisotopic (exact) mass is 326 g/mol. The topological polar surface area (TPSA) is 72.9 Å². The van der Waals surface area contributed by atoms with Crippen molar-refractivity contribution in [3.63, 3.8) is 0 Å². The van der Waals surface area contributed by atoms with Crippen LogP contribution in [0, 0.1) is 0 Å². The summed E-state index contributed by atoms with van der Waals surface area (Å²) in [5, 5.41) is 7.45. The van der Waals surface area contributed by atoms with E-state index in [1.165, 1.54) is 17.5 Å². The van der Waals surface area contributed by atoms with Gasteiger partial charge in [-0.25, -0.2) is 4.68 Å². The summed E-state index contributed by atoms with van der Waals surface area (Å²) in [7, 11) is 0. The van der Waals surface area contributed by atoms with Gasteiger partial charge >= 0.3 is 0 Å². The van der Waals surface area contributed by atoms with Crippen LogP contribution in [0.2, 0.25) is 0 Å². The summed E-state index contributed by atoms with van der Waals surface area (Å²) in [6.07, 6.45) is 7.71. The molecule has 1 fully saturated rings. The Morgan fingerprint density at radius 2 is 2.32 bits per heavy atom. The van der Waals surface area contributed by atoms with Gasteiger partial charge in [0.15, 0.2) is 0 Å². The lowest BCUT2D eigenvalue weighted by Gasteiger charge is -2.30. The summed E-state index contributed by atoms with van der Waals surface area (Å²) in [6.45, 7) is 4.01. The standard InChI is InChI=1S/C13H19BrN4O/c1-2-7-18-13(19)12(14)11(8-16-18)17-10-6-4-3-5-9(10)15/h2,8-10,17H,1,3-7,15H2/t9-,10-/m1/s1. The molecule has 3 N–H and O–H groups in total. The quantitative estimate of drug-likeness (QED) is 0.828. The van der Waals surface area contributed by atoms with Crippen molar-refractivity contribution in [2.45, 2.75) is 44.3 Å². The van der Waals surface area contributed by atoms with E-state index in [1.54, 1.807) is 12.3 Å². The van der Waals surface area contributed by atoms with E-state index in [0.717, 1.165) is 12.8 Å². The smallest absolute Gasteiger partial charge is 0.283 e. The largest absolute Gasteiger partial charge is 0.378 e. The zero-order valence-electron chi connectivity index (χ0n) is 10.8. The highest BCUT2D eigenvalue weighted by Gasteiger charge is 2.22. The molecule has 0 amide bonds. The number of nitrogens with zero attached hydrogens (tertiary/aromatic N) is 2. The Balaban J connectivity index is 2.19. The van der Waals surface area contributed by atoms with Gasteiger partial charge in [0.2, 0.25) is 0 Å². The van der Waals surface area contributed by atoms with Gasteiger partial charge in [-0.2, -0.15) is 5.10 Å². The second-order valence-electron chi connectivity index (χ2n) is 4.85. The van der Waals surface area contributed by atoms with Crippen molar-refractivity contribution in [3.8, 4) is 0 Å². The Kier molecular flexibility index (Phi) is 4.76. The van der Waals surface area contributed by atoms with Crippen LogP contribution in [0.3, 0.4) is 0 Å². The van der Waals surface area contributed by atoms with Gasteiger partial charge in [0.05, 0.1) is 18.4 Å². The van der Waals surface area contributed by atoms with Gasteiger partial charge in [0.25, 0.3) is 5.56 Å². The zero-order valence-corrected chi connectivity index (χ0v) is 12.4. The summed E-state index contributed by atoms with van der Waals surface area (Å²) in [5.41, 5.74) is 6.66. The van der Waals surface area contributed by atoms with Crippen LogP contribution in [-0.4, -0.2) is 21.9 Å². The van der Waals surface area contributed by atoms with Crippen LogP contribution in [0.1, 0.15) is 25.7 Å². The van der Waals surface area contributed by atoms with Crippen molar-refractivity contribution in [2.24, 2.45) is 5.73 Å². The fourth-order valence-electron chi connectivity index (χ4n) is 2.36. The highest BCUT2D eigenvalue weighted by Crippen LogP contribution is 2.23. The summed E-state index contributed by atoms with van der Waals surface area (Å²) in [4.78, 5) is 12.0. The van der Waals surface area contributed by atoms with E-state index in [0.29, 0.717) is 16.7 Å². The molecule has 0 aromatic carbocycles. The first-order chi connectivity index (χ1) is 9.13. The maximum absolute atomic E-state index is 12.0. The minimum absolute atomic E-state index is 0.135. The lowest BCUT2D eigenvalue weighted by atomic mass is 9.91. The molecule has 0 radical (unpaired) electrons. The molecule has 1 aromatic heterocycles. The molecule has 0 unspecified atom stereocenters. The second kappa shape index (κ2) is 6.34. The highest BCUT2D eigenvalue weighted by molar-refractivity contribution is 9.10. The third kappa shape index (κ3) is 3.25. The zero-order chi connectivity index (χ0) is 13.8. The maximum Gasteiger partial charge on any atom is 0.283 e. The summed E-state index contributed by atoms with van der Waals surface area (Å²) in [6, 6.07) is 0.345. The van der Waals surface area contributed by atoms with E-state index in [9.17, 15) is 4.79 Å². The Labute approximate surface area is 121 Å². The van der Waals surface area contributed by atoms with Crippen LogP contribution in [-0.2, 0) is 6.54 Å². The molecule has 5 nitrogen and oxygen atoms in total. The SMILES string of the molecule is C=CCn1ncc(N[C@@H]2CCCC[C@H]2N)c(Br)c1=O. The van der Waals surface area contributed by atoms with Crippen molar-refractivity contribution in [2.75, 3.05) is 5.32 Å². The Morgan fingerprint density at radius 1 is 1.58 bits per heavy atom. The molecule has 104 valence electrons. The molecule has 2 atom stereocenters. The molecule has 19 heavy (non-hydrogen) atoms. The molecule has 1 aromatic rings. The predicted octanol–water partition coefficient (Wildman–Crippen LogP) is 1.87. The molecule has 1 heterocycles. The van der Waals surface area contributed by atoms with Gasteiger partial charge < -0.3 is 11.1 Å². The first-order valence-corrected chi connectivity index (χ1v) is 7.31. The van der Waals surface area contributed by atoms with Gasteiger partial charge in [-0.15, -0.1) is 6.58 Å². The van der Waals surface area contributed by atoms with Crippen molar-refractivity contribution in [3.05, 3.63) is 33.7 Å². The lowest BCUT2D eigenvalue weighted by molar-refractivity contribution is 0.403. The fourth-order valence-corrected chi connectivity index (χ4v) is 2.78. The number of hydrogen-bond acceptors (Lipinski definition) is 4. The third-order valence-corrected chi connectivity index (χ3v) is 4.21. The Morgan fingerprint density at radius 3 is 3.00 bits per heavy atom. The van der Waals surface area contributed by atoms with E-state index in [1.807, 2.05) is 0 Å². The molecule has 0 bridgehead atoms. The number of nitrogens with two attached hydrogens (primary N) is 1. The summed E-state index contributed by atoms with van der Waals surface area (Å²) < 4.78 is 1.87. The van der Waals surface area contributed by atoms with Crippen molar-refractivity contribution in [1.29, 1.82) is 0 Å². The minimum Gasteiger partial charge on any atom is -0.378 e. The number of allylic oxidation sites excluding steroid dienone is 1. The molecule has 1 aliphatic carbocycles. The molecule has 6 heteroatoms. The molecular weight excluding hydrogens is 308 g/mol. The third-order valence-electron chi connectivity index (χ3n) is 3.45. The number of nitrogens with one attached hydrogen (secondary N) is 1. The van der Waals surface area contributed by atoms with Crippen LogP contribution in [0.25, 0.3) is 0 Å². The second-order valence-corrected chi connectivity index (χ2v) is 5.64. The van der Waals surface area contributed by atoms with Crippen molar-refractivity contribution < 1.29 is 0 Å². The molecule has 2 rings (SSSR count). The summed E-state index contributed by atoms with van der Waals surface area (Å²) >= 11 is 3.34. The van der Waals surface area contributed by atoms with Gasteiger partial charge in [0, 0.05) is 12.1 Å². The van der Waals surface area contributed by atoms with E-state index in [-0.39, 0.29) is 17.6 Å². The van der Waals surface area contributed by atoms with Crippen LogP contribution in [0.15, 0.2) is 28.1 Å². The normalized spacial score (nSPS) is 23.1. The lowest BCUT2D eigenvalue weighted by Crippen LogP contribution is -2.43. The predicted molar refractivity (Wildman–Crippen MR) is 80.2 cm³/mol. The van der Waals surface area contributed by atoms with Crippen LogP contribution < -0.4 is 16.6 Å². The van der Waals surface area contributed by atoms with Crippen LogP contribution in [0.5, 0.6) is 0 Å². The van der Waals surface area contributed by atoms with Gasteiger partial charge in [0.1, 0.15) is 4.47 Å². The summed E-state index contributed by atoms with van der Waals surface area (Å²) in [5.74, 6) is 0. The number of rotatable bonds is 4. The Bertz CT molecular complexity index is 514. The van der Waals surface area contributed by atoms with Gasteiger partial charge in [-0.3, -0.25) is 4.79 Å². The van der Waals surface area contributed by atoms with Crippen molar-refractivity contribution in [1.82, 2.24) is 9.78 Å². The average molecular weight is 327 g/mol. The first kappa shape index (κ1) is 14.3. The van der Waals surface area contributed by atoms with Crippen LogP contribution >= 0.6 is 15.9 Å². The number of halogens is 1. The van der Waals surface area contributed by atoms with E-state index in [4.69, 9.17) is 5.73 Å². The van der Waals surface area contributed by atoms with Gasteiger partial charge in [-0.1, -0.05) is 18.9 Å². The van der Waals surface area contributed by atoms with Crippen LogP contribution in [0.4, 0.5) is 5.69 Å². The van der Waals surface area contributed by atoms with Gasteiger partial charge in [-0.05, 0) is 28.8 Å². The maximum atomic E-state index is 12.0. The highest BCUT2D eigenvalue weighted by atomic mass is 79.9. The number of hydrogen-bond donors (Lipinski definition) is 2. The van der Waals surface area contributed by atoms with E-state index < -0.39 is 0 Å². The molecule has 1 aliphatic rings. The van der Waals surface area contributed by atoms with Crippen molar-refractivity contribution >= 4 is 21.6 Å².